The van der Waals surface area contributed by atoms with Crippen LogP contribution in [0.25, 0.3) is 0 Å². The van der Waals surface area contributed by atoms with Crippen molar-refractivity contribution in [2.24, 2.45) is 0 Å². The molecule has 2 rings (SSSR count). The maximum absolute atomic E-state index is 5.86. The summed E-state index contributed by atoms with van der Waals surface area (Å²) in [7, 11) is 0. The van der Waals surface area contributed by atoms with Crippen LogP contribution in [0.4, 0.5) is 0 Å². The second-order valence-electron chi connectivity index (χ2n) is 5.69. The molecule has 0 fully saturated rings. The maximum atomic E-state index is 5.86. The zero-order valence-electron chi connectivity index (χ0n) is 13.4. The SMILES string of the molecule is Cc1cc(C)c(C)c(Oc2cnc(CNC(C)C)cn2)c1. The van der Waals surface area contributed by atoms with Crippen molar-refractivity contribution < 1.29 is 4.74 Å². The average molecular weight is 285 g/mol. The molecule has 0 bridgehead atoms. The predicted octanol–water partition coefficient (Wildman–Crippen LogP) is 3.69. The van der Waals surface area contributed by atoms with Gasteiger partial charge in [-0.15, -0.1) is 0 Å². The molecule has 0 atom stereocenters. The van der Waals surface area contributed by atoms with Gasteiger partial charge in [0.2, 0.25) is 5.88 Å². The highest BCUT2D eigenvalue weighted by atomic mass is 16.5. The molecular weight excluding hydrogens is 262 g/mol. The summed E-state index contributed by atoms with van der Waals surface area (Å²) in [5.74, 6) is 1.37. The summed E-state index contributed by atoms with van der Waals surface area (Å²) in [4.78, 5) is 8.70. The van der Waals surface area contributed by atoms with Crippen LogP contribution in [-0.2, 0) is 6.54 Å². The van der Waals surface area contributed by atoms with E-state index in [0.29, 0.717) is 18.5 Å². The molecule has 0 aliphatic heterocycles. The van der Waals surface area contributed by atoms with Crippen LogP contribution in [-0.4, -0.2) is 16.0 Å². The Labute approximate surface area is 126 Å². The summed E-state index contributed by atoms with van der Waals surface area (Å²) in [6, 6.07) is 4.60. The van der Waals surface area contributed by atoms with Gasteiger partial charge in [-0.05, 0) is 43.5 Å². The molecule has 4 heteroatoms. The number of hydrogen-bond donors (Lipinski definition) is 1. The van der Waals surface area contributed by atoms with E-state index in [0.717, 1.165) is 17.0 Å². The highest BCUT2D eigenvalue weighted by Gasteiger charge is 2.07. The zero-order valence-corrected chi connectivity index (χ0v) is 13.4. The minimum atomic E-state index is 0.431. The minimum absolute atomic E-state index is 0.431. The fourth-order valence-corrected chi connectivity index (χ4v) is 2.02. The lowest BCUT2D eigenvalue weighted by molar-refractivity contribution is 0.454. The van der Waals surface area contributed by atoms with E-state index in [-0.39, 0.29) is 0 Å². The Bertz CT molecular complexity index is 606. The number of aromatic nitrogens is 2. The van der Waals surface area contributed by atoms with Gasteiger partial charge in [0, 0.05) is 12.6 Å². The molecule has 0 saturated carbocycles. The first-order valence-corrected chi connectivity index (χ1v) is 7.25. The van der Waals surface area contributed by atoms with Crippen LogP contribution in [0.15, 0.2) is 24.5 Å². The second-order valence-corrected chi connectivity index (χ2v) is 5.69. The molecule has 0 aliphatic carbocycles. The first-order valence-electron chi connectivity index (χ1n) is 7.25. The van der Waals surface area contributed by atoms with Crippen LogP contribution in [0.5, 0.6) is 11.6 Å². The molecule has 1 aromatic heterocycles. The molecular formula is C17H23N3O. The van der Waals surface area contributed by atoms with Crippen LogP contribution in [0.2, 0.25) is 0 Å². The second kappa shape index (κ2) is 6.68. The number of rotatable bonds is 5. The lowest BCUT2D eigenvalue weighted by Crippen LogP contribution is -2.22. The van der Waals surface area contributed by atoms with Crippen molar-refractivity contribution in [2.45, 2.75) is 47.2 Å². The van der Waals surface area contributed by atoms with Crippen LogP contribution >= 0.6 is 0 Å². The summed E-state index contributed by atoms with van der Waals surface area (Å²) in [6.07, 6.45) is 3.43. The number of ether oxygens (including phenoxy) is 1. The highest BCUT2D eigenvalue weighted by molar-refractivity contribution is 5.43. The number of benzene rings is 1. The van der Waals surface area contributed by atoms with E-state index in [1.165, 1.54) is 11.1 Å². The molecule has 21 heavy (non-hydrogen) atoms. The van der Waals surface area contributed by atoms with E-state index in [1.54, 1.807) is 12.4 Å². The molecule has 1 heterocycles. The standard InChI is InChI=1S/C17H23N3O/c1-11(2)18-8-15-9-20-17(10-19-15)21-16-7-12(3)6-13(4)14(16)5/h6-7,9-11,18H,8H2,1-5H3. The molecule has 1 aromatic carbocycles. The van der Waals surface area contributed by atoms with Crippen molar-refractivity contribution in [3.63, 3.8) is 0 Å². The van der Waals surface area contributed by atoms with Gasteiger partial charge in [0.1, 0.15) is 5.75 Å². The van der Waals surface area contributed by atoms with E-state index in [9.17, 15) is 0 Å². The number of nitrogens with one attached hydrogen (secondary N) is 1. The Morgan fingerprint density at radius 1 is 1.10 bits per heavy atom. The Morgan fingerprint density at radius 3 is 2.48 bits per heavy atom. The number of aryl methyl sites for hydroxylation is 2. The molecule has 0 aliphatic rings. The van der Waals surface area contributed by atoms with Gasteiger partial charge >= 0.3 is 0 Å². The molecule has 0 radical (unpaired) electrons. The third-order valence-corrected chi connectivity index (χ3v) is 3.35. The minimum Gasteiger partial charge on any atom is -0.437 e. The molecule has 2 aromatic rings. The smallest absolute Gasteiger partial charge is 0.237 e. The monoisotopic (exact) mass is 285 g/mol. The summed E-state index contributed by atoms with van der Waals surface area (Å²) < 4.78 is 5.86. The first kappa shape index (κ1) is 15.4. The quantitative estimate of drug-likeness (QED) is 0.910. The number of nitrogens with zero attached hydrogens (tertiary/aromatic N) is 2. The molecule has 0 unspecified atom stereocenters. The van der Waals surface area contributed by atoms with Gasteiger partial charge in [0.05, 0.1) is 18.1 Å². The van der Waals surface area contributed by atoms with Crippen molar-refractivity contribution >= 4 is 0 Å². The fourth-order valence-electron chi connectivity index (χ4n) is 2.02. The van der Waals surface area contributed by atoms with Crippen LogP contribution in [0.1, 0.15) is 36.2 Å². The van der Waals surface area contributed by atoms with Gasteiger partial charge in [0.15, 0.2) is 0 Å². The van der Waals surface area contributed by atoms with Crippen LogP contribution < -0.4 is 10.1 Å². The van der Waals surface area contributed by atoms with E-state index in [2.05, 4.69) is 56.0 Å². The topological polar surface area (TPSA) is 47.0 Å². The van der Waals surface area contributed by atoms with Crippen molar-refractivity contribution in [3.8, 4) is 11.6 Å². The van der Waals surface area contributed by atoms with Crippen molar-refractivity contribution in [3.05, 3.63) is 46.9 Å². The Balaban J connectivity index is 2.10. The maximum Gasteiger partial charge on any atom is 0.237 e. The largest absolute Gasteiger partial charge is 0.437 e. The molecule has 0 amide bonds. The zero-order chi connectivity index (χ0) is 15.4. The molecule has 4 nitrogen and oxygen atoms in total. The summed E-state index contributed by atoms with van der Waals surface area (Å²) in [5, 5.41) is 3.31. The fraction of sp³-hybridized carbons (Fsp3) is 0.412. The van der Waals surface area contributed by atoms with Crippen LogP contribution in [0.3, 0.4) is 0 Å². The molecule has 0 spiro atoms. The lowest BCUT2D eigenvalue weighted by Gasteiger charge is -2.11. The number of hydrogen-bond acceptors (Lipinski definition) is 4. The van der Waals surface area contributed by atoms with E-state index in [4.69, 9.17) is 4.74 Å². The van der Waals surface area contributed by atoms with Crippen molar-refractivity contribution in [1.82, 2.24) is 15.3 Å². The summed E-state index contributed by atoms with van der Waals surface area (Å²) in [5.41, 5.74) is 4.44. The summed E-state index contributed by atoms with van der Waals surface area (Å²) in [6.45, 7) is 11.1. The molecule has 1 N–H and O–H groups in total. The first-order chi connectivity index (χ1) is 9.95. The van der Waals surface area contributed by atoms with Gasteiger partial charge in [-0.3, -0.25) is 4.98 Å². The van der Waals surface area contributed by atoms with Gasteiger partial charge in [0.25, 0.3) is 0 Å². The van der Waals surface area contributed by atoms with Gasteiger partial charge in [-0.1, -0.05) is 19.9 Å². The van der Waals surface area contributed by atoms with E-state index >= 15 is 0 Å². The lowest BCUT2D eigenvalue weighted by atomic mass is 10.1. The van der Waals surface area contributed by atoms with E-state index in [1.807, 2.05) is 6.07 Å². The van der Waals surface area contributed by atoms with Gasteiger partial charge < -0.3 is 10.1 Å². The third kappa shape index (κ3) is 4.26. The Hall–Kier alpha value is -1.94. The van der Waals surface area contributed by atoms with Crippen molar-refractivity contribution in [2.75, 3.05) is 0 Å². The normalized spacial score (nSPS) is 11.0. The Kier molecular flexibility index (Phi) is 4.91. The van der Waals surface area contributed by atoms with Crippen LogP contribution in [0, 0.1) is 20.8 Å². The third-order valence-electron chi connectivity index (χ3n) is 3.35. The van der Waals surface area contributed by atoms with Gasteiger partial charge in [-0.25, -0.2) is 4.98 Å². The molecule has 112 valence electrons. The summed E-state index contributed by atoms with van der Waals surface area (Å²) >= 11 is 0. The highest BCUT2D eigenvalue weighted by Crippen LogP contribution is 2.27. The average Bonchev–Trinajstić information content (AvgIpc) is 2.43. The van der Waals surface area contributed by atoms with E-state index < -0.39 is 0 Å². The van der Waals surface area contributed by atoms with Crippen molar-refractivity contribution in [1.29, 1.82) is 0 Å². The molecule has 0 saturated heterocycles. The Morgan fingerprint density at radius 2 is 1.86 bits per heavy atom. The predicted molar refractivity (Wildman–Crippen MR) is 84.7 cm³/mol. The van der Waals surface area contributed by atoms with Gasteiger partial charge in [-0.2, -0.15) is 0 Å².